The largest absolute Gasteiger partial charge is 0.352 e. The minimum Gasteiger partial charge on any atom is -0.352 e. The van der Waals surface area contributed by atoms with Crippen LogP contribution in [0, 0.1) is 5.92 Å². The van der Waals surface area contributed by atoms with Crippen molar-refractivity contribution in [1.29, 1.82) is 0 Å². The maximum Gasteiger partial charge on any atom is 0.220 e. The van der Waals surface area contributed by atoms with Gasteiger partial charge in [-0.3, -0.25) is 9.69 Å². The highest BCUT2D eigenvalue weighted by atomic mass is 16.1. The molecule has 5 heteroatoms. The molecule has 0 saturated carbocycles. The van der Waals surface area contributed by atoms with Gasteiger partial charge < -0.3 is 15.5 Å². The van der Waals surface area contributed by atoms with E-state index in [4.69, 9.17) is 0 Å². The van der Waals surface area contributed by atoms with Crippen LogP contribution in [0.3, 0.4) is 0 Å². The molecule has 1 aromatic rings. The number of nitrogens with zero attached hydrogens (tertiary/aromatic N) is 2. The van der Waals surface area contributed by atoms with Crippen molar-refractivity contribution in [3.8, 4) is 0 Å². The summed E-state index contributed by atoms with van der Waals surface area (Å²) in [5.74, 6) is 0.859. The second-order valence-electron chi connectivity index (χ2n) is 7.65. The quantitative estimate of drug-likeness (QED) is 0.744. The maximum absolute atomic E-state index is 12.2. The Hall–Kier alpha value is -1.43. The van der Waals surface area contributed by atoms with Crippen molar-refractivity contribution in [3.63, 3.8) is 0 Å². The van der Waals surface area contributed by atoms with Crippen LogP contribution in [0.2, 0.25) is 0 Å². The van der Waals surface area contributed by atoms with Gasteiger partial charge in [0.25, 0.3) is 0 Å². The molecule has 144 valence electrons. The van der Waals surface area contributed by atoms with Crippen LogP contribution in [0.1, 0.15) is 37.3 Å². The molecule has 1 atom stereocenters. The Labute approximate surface area is 158 Å². The fourth-order valence-corrected chi connectivity index (χ4v) is 3.97. The van der Waals surface area contributed by atoms with Gasteiger partial charge >= 0.3 is 0 Å². The number of rotatable bonds is 8. The third-order valence-electron chi connectivity index (χ3n) is 5.84. The SMILES string of the molecule is CCN1CCN(Cc2ccccc2CNC(=O)CCC2CCNC2)CC1. The normalized spacial score (nSPS) is 21.8. The Bertz CT molecular complexity index is 563. The number of carbonyl (C=O) groups is 1. The molecule has 5 nitrogen and oxygen atoms in total. The second-order valence-corrected chi connectivity index (χ2v) is 7.65. The summed E-state index contributed by atoms with van der Waals surface area (Å²) < 4.78 is 0. The summed E-state index contributed by atoms with van der Waals surface area (Å²) in [7, 11) is 0. The van der Waals surface area contributed by atoms with E-state index in [-0.39, 0.29) is 5.91 Å². The van der Waals surface area contributed by atoms with Crippen LogP contribution in [-0.2, 0) is 17.9 Å². The molecule has 0 aromatic heterocycles. The van der Waals surface area contributed by atoms with E-state index in [9.17, 15) is 4.79 Å². The number of benzene rings is 1. The van der Waals surface area contributed by atoms with E-state index in [1.165, 1.54) is 17.5 Å². The highest BCUT2D eigenvalue weighted by Gasteiger charge is 2.17. The lowest BCUT2D eigenvalue weighted by Gasteiger charge is -2.34. The van der Waals surface area contributed by atoms with Crippen molar-refractivity contribution in [2.45, 2.75) is 39.3 Å². The van der Waals surface area contributed by atoms with Gasteiger partial charge in [0, 0.05) is 45.7 Å². The van der Waals surface area contributed by atoms with Crippen molar-refractivity contribution in [1.82, 2.24) is 20.4 Å². The first-order chi connectivity index (χ1) is 12.7. The minimum atomic E-state index is 0.184. The Morgan fingerprint density at radius 2 is 1.88 bits per heavy atom. The first kappa shape index (κ1) is 19.3. The van der Waals surface area contributed by atoms with E-state index in [0.29, 0.717) is 18.9 Å². The molecular formula is C21H34N4O. The fraction of sp³-hybridized carbons (Fsp3) is 0.667. The van der Waals surface area contributed by atoms with Gasteiger partial charge in [-0.15, -0.1) is 0 Å². The standard InChI is InChI=1S/C21H34N4O/c1-2-24-11-13-25(14-12-24)17-20-6-4-3-5-19(20)16-23-21(26)8-7-18-9-10-22-15-18/h3-6,18,22H,2,7-17H2,1H3,(H,23,26). The summed E-state index contributed by atoms with van der Waals surface area (Å²) in [4.78, 5) is 17.2. The summed E-state index contributed by atoms with van der Waals surface area (Å²) in [5.41, 5.74) is 2.60. The van der Waals surface area contributed by atoms with Crippen molar-refractivity contribution < 1.29 is 4.79 Å². The Kier molecular flexibility index (Phi) is 7.47. The van der Waals surface area contributed by atoms with Crippen molar-refractivity contribution in [3.05, 3.63) is 35.4 Å². The molecule has 2 N–H and O–H groups in total. The van der Waals surface area contributed by atoms with E-state index in [1.807, 2.05) is 0 Å². The van der Waals surface area contributed by atoms with Gasteiger partial charge in [0.1, 0.15) is 0 Å². The fourth-order valence-electron chi connectivity index (χ4n) is 3.97. The lowest BCUT2D eigenvalue weighted by Crippen LogP contribution is -2.45. The van der Waals surface area contributed by atoms with E-state index >= 15 is 0 Å². The molecule has 1 aromatic carbocycles. The maximum atomic E-state index is 12.2. The van der Waals surface area contributed by atoms with Crippen LogP contribution < -0.4 is 10.6 Å². The molecule has 2 fully saturated rings. The van der Waals surface area contributed by atoms with Gasteiger partial charge in [-0.1, -0.05) is 31.2 Å². The molecule has 2 aliphatic heterocycles. The summed E-state index contributed by atoms with van der Waals surface area (Å²) >= 11 is 0. The first-order valence-electron chi connectivity index (χ1n) is 10.2. The lowest BCUT2D eigenvalue weighted by molar-refractivity contribution is -0.121. The lowest BCUT2D eigenvalue weighted by atomic mass is 10.0. The zero-order valence-electron chi connectivity index (χ0n) is 16.2. The third kappa shape index (κ3) is 5.79. The second kappa shape index (κ2) is 10.0. The molecule has 2 aliphatic rings. The molecule has 26 heavy (non-hydrogen) atoms. The zero-order chi connectivity index (χ0) is 18.2. The third-order valence-corrected chi connectivity index (χ3v) is 5.84. The van der Waals surface area contributed by atoms with Gasteiger partial charge in [-0.2, -0.15) is 0 Å². The predicted octanol–water partition coefficient (Wildman–Crippen LogP) is 1.83. The molecule has 0 bridgehead atoms. The molecule has 1 unspecified atom stereocenters. The van der Waals surface area contributed by atoms with E-state index in [1.54, 1.807) is 0 Å². The van der Waals surface area contributed by atoms with Crippen molar-refractivity contribution in [2.24, 2.45) is 5.92 Å². The van der Waals surface area contributed by atoms with E-state index < -0.39 is 0 Å². The molecular weight excluding hydrogens is 324 g/mol. The summed E-state index contributed by atoms with van der Waals surface area (Å²) in [5, 5.41) is 6.50. The van der Waals surface area contributed by atoms with Crippen LogP contribution in [0.15, 0.2) is 24.3 Å². The number of nitrogens with one attached hydrogen (secondary N) is 2. The van der Waals surface area contributed by atoms with Crippen LogP contribution in [0.4, 0.5) is 0 Å². The molecule has 3 rings (SSSR count). The topological polar surface area (TPSA) is 47.6 Å². The van der Waals surface area contributed by atoms with Gasteiger partial charge in [0.2, 0.25) is 5.91 Å². The summed E-state index contributed by atoms with van der Waals surface area (Å²) in [6, 6.07) is 8.54. The monoisotopic (exact) mass is 358 g/mol. The van der Waals surface area contributed by atoms with Gasteiger partial charge in [0.15, 0.2) is 0 Å². The highest BCUT2D eigenvalue weighted by molar-refractivity contribution is 5.75. The van der Waals surface area contributed by atoms with Crippen LogP contribution >= 0.6 is 0 Å². The van der Waals surface area contributed by atoms with Crippen molar-refractivity contribution in [2.75, 3.05) is 45.8 Å². The number of hydrogen-bond donors (Lipinski definition) is 2. The Morgan fingerprint density at radius 3 is 2.58 bits per heavy atom. The van der Waals surface area contributed by atoms with E-state index in [0.717, 1.165) is 58.8 Å². The minimum absolute atomic E-state index is 0.184. The average Bonchev–Trinajstić information content (AvgIpc) is 3.20. The van der Waals surface area contributed by atoms with Gasteiger partial charge in [-0.25, -0.2) is 0 Å². The number of piperazine rings is 1. The Balaban J connectivity index is 1.45. The summed E-state index contributed by atoms with van der Waals surface area (Å²) in [6.07, 6.45) is 2.86. The van der Waals surface area contributed by atoms with Crippen LogP contribution in [0.5, 0.6) is 0 Å². The first-order valence-corrected chi connectivity index (χ1v) is 10.2. The number of hydrogen-bond acceptors (Lipinski definition) is 4. The van der Waals surface area contributed by atoms with Crippen LogP contribution in [0.25, 0.3) is 0 Å². The van der Waals surface area contributed by atoms with E-state index in [2.05, 4.69) is 51.6 Å². The molecule has 2 heterocycles. The van der Waals surface area contributed by atoms with Gasteiger partial charge in [0.05, 0.1) is 0 Å². The van der Waals surface area contributed by atoms with Crippen molar-refractivity contribution >= 4 is 5.91 Å². The number of amides is 1. The smallest absolute Gasteiger partial charge is 0.220 e. The van der Waals surface area contributed by atoms with Crippen LogP contribution in [-0.4, -0.2) is 61.5 Å². The zero-order valence-corrected chi connectivity index (χ0v) is 16.2. The molecule has 0 radical (unpaired) electrons. The molecule has 2 saturated heterocycles. The average molecular weight is 359 g/mol. The number of likely N-dealkylation sites (N-methyl/N-ethyl adjacent to an activating group) is 1. The molecule has 1 amide bonds. The van der Waals surface area contributed by atoms with Gasteiger partial charge in [-0.05, 0) is 49.5 Å². The number of carbonyl (C=O) groups excluding carboxylic acids is 1. The Morgan fingerprint density at radius 1 is 1.15 bits per heavy atom. The summed E-state index contributed by atoms with van der Waals surface area (Å²) in [6.45, 7) is 11.8. The predicted molar refractivity (Wildman–Crippen MR) is 106 cm³/mol. The highest BCUT2D eigenvalue weighted by Crippen LogP contribution is 2.15. The molecule has 0 aliphatic carbocycles. The molecule has 0 spiro atoms.